The number of nitrogens with two attached hydrogens (primary N) is 1. The van der Waals surface area contributed by atoms with Gasteiger partial charge in [-0.2, -0.15) is 0 Å². The first-order valence-electron chi connectivity index (χ1n) is 5.09. The van der Waals surface area contributed by atoms with Crippen LogP contribution in [0.2, 0.25) is 0 Å². The van der Waals surface area contributed by atoms with Gasteiger partial charge in [0, 0.05) is 21.6 Å². The SMILES string of the molecule is CC(=O)[C@@H](N)Cc1c[nH]c2ccc(Br)cc12. The van der Waals surface area contributed by atoms with Crippen molar-refractivity contribution >= 4 is 32.6 Å². The van der Waals surface area contributed by atoms with Crippen LogP contribution in [0.3, 0.4) is 0 Å². The number of aromatic amines is 1. The van der Waals surface area contributed by atoms with Crippen molar-refractivity contribution in [2.75, 3.05) is 0 Å². The van der Waals surface area contributed by atoms with Gasteiger partial charge < -0.3 is 10.7 Å². The largest absolute Gasteiger partial charge is 0.361 e. The summed E-state index contributed by atoms with van der Waals surface area (Å²) < 4.78 is 1.03. The first kappa shape index (κ1) is 11.4. The molecule has 2 rings (SSSR count). The van der Waals surface area contributed by atoms with E-state index in [4.69, 9.17) is 5.73 Å². The number of hydrogen-bond acceptors (Lipinski definition) is 2. The van der Waals surface area contributed by atoms with Crippen LogP contribution < -0.4 is 5.73 Å². The molecule has 0 fully saturated rings. The van der Waals surface area contributed by atoms with E-state index in [1.807, 2.05) is 24.4 Å². The van der Waals surface area contributed by atoms with Crippen molar-refractivity contribution < 1.29 is 4.79 Å². The zero-order valence-electron chi connectivity index (χ0n) is 8.96. The van der Waals surface area contributed by atoms with Gasteiger partial charge in [-0.05, 0) is 37.1 Å². The Kier molecular flexibility index (Phi) is 3.12. The van der Waals surface area contributed by atoms with Crippen molar-refractivity contribution in [3.05, 3.63) is 34.4 Å². The lowest BCUT2D eigenvalue weighted by molar-refractivity contribution is -0.118. The van der Waals surface area contributed by atoms with Crippen LogP contribution in [0.4, 0.5) is 0 Å². The molecule has 0 aliphatic heterocycles. The molecule has 16 heavy (non-hydrogen) atoms. The number of fused-ring (bicyclic) bond motifs is 1. The van der Waals surface area contributed by atoms with Crippen LogP contribution in [-0.2, 0) is 11.2 Å². The summed E-state index contributed by atoms with van der Waals surface area (Å²) in [6.45, 7) is 1.52. The van der Waals surface area contributed by atoms with Gasteiger partial charge in [0.2, 0.25) is 0 Å². The Bertz CT molecular complexity index is 533. The Morgan fingerprint density at radius 1 is 1.56 bits per heavy atom. The average molecular weight is 281 g/mol. The van der Waals surface area contributed by atoms with E-state index in [9.17, 15) is 4.79 Å². The third kappa shape index (κ3) is 2.18. The molecule has 3 N–H and O–H groups in total. The Morgan fingerprint density at radius 3 is 3.00 bits per heavy atom. The molecule has 0 saturated carbocycles. The highest BCUT2D eigenvalue weighted by atomic mass is 79.9. The van der Waals surface area contributed by atoms with Crippen LogP contribution in [0.15, 0.2) is 28.9 Å². The molecule has 2 aromatic rings. The van der Waals surface area contributed by atoms with Crippen LogP contribution in [0.5, 0.6) is 0 Å². The van der Waals surface area contributed by atoms with E-state index in [0.29, 0.717) is 6.42 Å². The second-order valence-corrected chi connectivity index (χ2v) is 4.84. The first-order valence-corrected chi connectivity index (χ1v) is 5.89. The second kappa shape index (κ2) is 4.39. The van der Waals surface area contributed by atoms with Gasteiger partial charge in [-0.25, -0.2) is 0 Å². The lowest BCUT2D eigenvalue weighted by Crippen LogP contribution is -2.30. The summed E-state index contributed by atoms with van der Waals surface area (Å²) in [5.74, 6) is 0.0179. The van der Waals surface area contributed by atoms with Crippen LogP contribution in [-0.4, -0.2) is 16.8 Å². The topological polar surface area (TPSA) is 58.9 Å². The lowest BCUT2D eigenvalue weighted by atomic mass is 10.0. The van der Waals surface area contributed by atoms with E-state index in [1.165, 1.54) is 6.92 Å². The number of aromatic nitrogens is 1. The highest BCUT2D eigenvalue weighted by Crippen LogP contribution is 2.23. The van der Waals surface area contributed by atoms with Crippen LogP contribution in [0.1, 0.15) is 12.5 Å². The fourth-order valence-corrected chi connectivity index (χ4v) is 2.06. The van der Waals surface area contributed by atoms with Crippen LogP contribution in [0, 0.1) is 0 Å². The van der Waals surface area contributed by atoms with Gasteiger partial charge in [0.25, 0.3) is 0 Å². The standard InChI is InChI=1S/C12H13BrN2O/c1-7(16)11(14)4-8-6-15-12-3-2-9(13)5-10(8)12/h2-3,5-6,11,15H,4,14H2,1H3/t11-/m0/s1. The number of carbonyl (C=O) groups excluding carboxylic acids is 1. The monoisotopic (exact) mass is 280 g/mol. The van der Waals surface area contributed by atoms with Gasteiger partial charge in [-0.15, -0.1) is 0 Å². The van der Waals surface area contributed by atoms with Crippen molar-refractivity contribution in [2.24, 2.45) is 5.73 Å². The fourth-order valence-electron chi connectivity index (χ4n) is 1.70. The van der Waals surface area contributed by atoms with E-state index < -0.39 is 6.04 Å². The highest BCUT2D eigenvalue weighted by Gasteiger charge is 2.12. The maximum Gasteiger partial charge on any atom is 0.146 e. The summed E-state index contributed by atoms with van der Waals surface area (Å²) in [7, 11) is 0. The summed E-state index contributed by atoms with van der Waals surface area (Å²) in [6, 6.07) is 5.60. The molecule has 4 heteroatoms. The molecule has 0 spiro atoms. The molecule has 0 saturated heterocycles. The maximum absolute atomic E-state index is 11.1. The molecule has 1 aromatic heterocycles. The molecule has 1 atom stereocenters. The number of benzene rings is 1. The number of halogens is 1. The van der Waals surface area contributed by atoms with E-state index in [0.717, 1.165) is 20.9 Å². The predicted octanol–water partition coefficient (Wildman–Crippen LogP) is 2.39. The third-order valence-electron chi connectivity index (χ3n) is 2.69. The number of Topliss-reactive ketones (excluding diaryl/α,β-unsaturated/α-hetero) is 1. The number of nitrogens with one attached hydrogen (secondary N) is 1. The number of rotatable bonds is 3. The molecule has 0 radical (unpaired) electrons. The Hall–Kier alpha value is -1.13. The quantitative estimate of drug-likeness (QED) is 0.907. The minimum Gasteiger partial charge on any atom is -0.361 e. The van der Waals surface area contributed by atoms with E-state index >= 15 is 0 Å². The Balaban J connectivity index is 2.37. The first-order chi connectivity index (χ1) is 7.58. The minimum atomic E-state index is -0.419. The Morgan fingerprint density at radius 2 is 2.31 bits per heavy atom. The number of ketones is 1. The van der Waals surface area contributed by atoms with E-state index in [1.54, 1.807) is 0 Å². The van der Waals surface area contributed by atoms with Crippen LogP contribution in [0.25, 0.3) is 10.9 Å². The number of carbonyl (C=O) groups is 1. The second-order valence-electron chi connectivity index (χ2n) is 3.93. The van der Waals surface area contributed by atoms with Crippen molar-refractivity contribution in [2.45, 2.75) is 19.4 Å². The van der Waals surface area contributed by atoms with Gasteiger partial charge in [0.1, 0.15) is 5.78 Å². The molecule has 1 heterocycles. The van der Waals surface area contributed by atoms with Gasteiger partial charge in [-0.3, -0.25) is 4.79 Å². The predicted molar refractivity (Wildman–Crippen MR) is 68.4 cm³/mol. The summed E-state index contributed by atoms with van der Waals surface area (Å²) in [4.78, 5) is 14.3. The van der Waals surface area contributed by atoms with E-state index in [2.05, 4.69) is 20.9 Å². The molecule has 1 aromatic carbocycles. The molecular formula is C12H13BrN2O. The zero-order valence-corrected chi connectivity index (χ0v) is 10.5. The normalized spacial score (nSPS) is 12.9. The summed E-state index contributed by atoms with van der Waals surface area (Å²) in [6.07, 6.45) is 2.49. The van der Waals surface area contributed by atoms with Crippen molar-refractivity contribution in [3.8, 4) is 0 Å². The molecule has 0 amide bonds. The average Bonchev–Trinajstić information content (AvgIpc) is 2.61. The van der Waals surface area contributed by atoms with Crippen molar-refractivity contribution in [3.63, 3.8) is 0 Å². The fraction of sp³-hybridized carbons (Fsp3) is 0.250. The smallest absolute Gasteiger partial charge is 0.146 e. The highest BCUT2D eigenvalue weighted by molar-refractivity contribution is 9.10. The molecule has 3 nitrogen and oxygen atoms in total. The van der Waals surface area contributed by atoms with Gasteiger partial charge >= 0.3 is 0 Å². The molecular weight excluding hydrogens is 268 g/mol. The lowest BCUT2D eigenvalue weighted by Gasteiger charge is -2.06. The van der Waals surface area contributed by atoms with Gasteiger partial charge in [-0.1, -0.05) is 15.9 Å². The van der Waals surface area contributed by atoms with E-state index in [-0.39, 0.29) is 5.78 Å². The summed E-state index contributed by atoms with van der Waals surface area (Å²) in [5.41, 5.74) is 7.91. The molecule has 0 unspecified atom stereocenters. The maximum atomic E-state index is 11.1. The molecule has 84 valence electrons. The number of hydrogen-bond donors (Lipinski definition) is 2. The van der Waals surface area contributed by atoms with Crippen molar-refractivity contribution in [1.82, 2.24) is 4.98 Å². The summed E-state index contributed by atoms with van der Waals surface area (Å²) in [5, 5.41) is 1.12. The minimum absolute atomic E-state index is 0.0179. The molecule has 0 aliphatic rings. The van der Waals surface area contributed by atoms with Crippen molar-refractivity contribution in [1.29, 1.82) is 0 Å². The molecule has 0 aliphatic carbocycles. The Labute approximate surface area is 102 Å². The third-order valence-corrected chi connectivity index (χ3v) is 3.18. The molecule has 0 bridgehead atoms. The number of H-pyrrole nitrogens is 1. The summed E-state index contributed by atoms with van der Waals surface area (Å²) >= 11 is 3.43. The van der Waals surface area contributed by atoms with Crippen LogP contribution >= 0.6 is 15.9 Å². The van der Waals surface area contributed by atoms with Gasteiger partial charge in [0.05, 0.1) is 6.04 Å². The zero-order chi connectivity index (χ0) is 11.7. The van der Waals surface area contributed by atoms with Gasteiger partial charge in [0.15, 0.2) is 0 Å².